The highest BCUT2D eigenvalue weighted by Crippen LogP contribution is 2.21. The Hall–Kier alpha value is -1.33. The zero-order valence-electron chi connectivity index (χ0n) is 11.0. The molecule has 1 fully saturated rings. The third-order valence-electron chi connectivity index (χ3n) is 3.28. The summed E-state index contributed by atoms with van der Waals surface area (Å²) in [6.45, 7) is 2.05. The van der Waals surface area contributed by atoms with Gasteiger partial charge in [-0.1, -0.05) is 11.6 Å². The van der Waals surface area contributed by atoms with Crippen molar-refractivity contribution in [3.05, 3.63) is 23.0 Å². The molecular weight excluding hydrogens is 264 g/mol. The second kappa shape index (κ2) is 6.73. The zero-order valence-corrected chi connectivity index (χ0v) is 11.8. The molecule has 0 aromatic carbocycles. The molecule has 0 aliphatic carbocycles. The lowest BCUT2D eigenvalue weighted by Crippen LogP contribution is -2.25. The first-order valence-corrected chi connectivity index (χ1v) is 6.93. The smallest absolute Gasteiger partial charge is 0.254 e. The standard InChI is InChI=1S/C13H19ClN4O/c1-15-13(19)10-8-17-12(14)7-11(10)18-9-3-2-5-16-6-4-9/h7-9,16H,2-6H2,1H3,(H,15,19)(H,17,18)/t9-/m1/s1. The highest BCUT2D eigenvalue weighted by molar-refractivity contribution is 6.29. The number of carbonyl (C=O) groups is 1. The molecule has 1 aromatic rings. The first-order valence-electron chi connectivity index (χ1n) is 6.55. The van der Waals surface area contributed by atoms with Crippen LogP contribution in [0, 0.1) is 0 Å². The molecule has 1 amide bonds. The predicted octanol–water partition coefficient (Wildman–Crippen LogP) is 1.65. The van der Waals surface area contributed by atoms with E-state index in [4.69, 9.17) is 11.6 Å². The first kappa shape index (κ1) is 14.1. The van der Waals surface area contributed by atoms with Gasteiger partial charge in [-0.05, 0) is 38.4 Å². The van der Waals surface area contributed by atoms with Crippen molar-refractivity contribution in [1.29, 1.82) is 0 Å². The number of nitrogens with zero attached hydrogens (tertiary/aromatic N) is 1. The summed E-state index contributed by atoms with van der Waals surface area (Å²) in [6.07, 6.45) is 4.76. The molecule has 104 valence electrons. The van der Waals surface area contributed by atoms with Crippen molar-refractivity contribution < 1.29 is 4.79 Å². The van der Waals surface area contributed by atoms with Crippen LogP contribution in [0.15, 0.2) is 12.3 Å². The Morgan fingerprint density at radius 2 is 2.32 bits per heavy atom. The third kappa shape index (κ3) is 3.81. The Morgan fingerprint density at radius 3 is 3.11 bits per heavy atom. The Kier molecular flexibility index (Phi) is 4.99. The first-order chi connectivity index (χ1) is 9.20. The molecule has 1 aliphatic rings. The maximum Gasteiger partial charge on any atom is 0.254 e. The number of nitrogens with one attached hydrogen (secondary N) is 3. The van der Waals surface area contributed by atoms with Gasteiger partial charge >= 0.3 is 0 Å². The van der Waals surface area contributed by atoms with Crippen molar-refractivity contribution in [3.63, 3.8) is 0 Å². The SMILES string of the molecule is CNC(=O)c1cnc(Cl)cc1N[C@@H]1CCCNCC1. The van der Waals surface area contributed by atoms with Gasteiger partial charge in [-0.15, -0.1) is 0 Å². The molecule has 0 bridgehead atoms. The van der Waals surface area contributed by atoms with Gasteiger partial charge in [0, 0.05) is 19.3 Å². The average molecular weight is 283 g/mol. The minimum Gasteiger partial charge on any atom is -0.381 e. The molecule has 6 heteroatoms. The van der Waals surface area contributed by atoms with Crippen LogP contribution in [0.1, 0.15) is 29.6 Å². The summed E-state index contributed by atoms with van der Waals surface area (Å²) in [5.41, 5.74) is 1.29. The van der Waals surface area contributed by atoms with Crippen molar-refractivity contribution in [1.82, 2.24) is 15.6 Å². The molecule has 19 heavy (non-hydrogen) atoms. The number of pyridine rings is 1. The number of carbonyl (C=O) groups excluding carboxylic acids is 1. The molecule has 5 nitrogen and oxygen atoms in total. The van der Waals surface area contributed by atoms with Crippen LogP contribution in [0.5, 0.6) is 0 Å². The number of rotatable bonds is 3. The highest BCUT2D eigenvalue weighted by Gasteiger charge is 2.16. The van der Waals surface area contributed by atoms with Gasteiger partial charge in [0.1, 0.15) is 5.15 Å². The molecule has 0 unspecified atom stereocenters. The van der Waals surface area contributed by atoms with E-state index in [1.807, 2.05) is 0 Å². The van der Waals surface area contributed by atoms with Crippen LogP contribution in [-0.2, 0) is 0 Å². The maximum atomic E-state index is 11.8. The molecule has 0 spiro atoms. The van der Waals surface area contributed by atoms with E-state index in [0.717, 1.165) is 38.0 Å². The number of anilines is 1. The number of hydrogen-bond donors (Lipinski definition) is 3. The fourth-order valence-electron chi connectivity index (χ4n) is 2.25. The topological polar surface area (TPSA) is 66.0 Å². The lowest BCUT2D eigenvalue weighted by molar-refractivity contribution is 0.0963. The molecule has 0 radical (unpaired) electrons. The van der Waals surface area contributed by atoms with Gasteiger partial charge in [0.15, 0.2) is 0 Å². The Morgan fingerprint density at radius 1 is 1.47 bits per heavy atom. The van der Waals surface area contributed by atoms with Gasteiger partial charge in [0.25, 0.3) is 5.91 Å². The molecule has 3 N–H and O–H groups in total. The molecule has 1 atom stereocenters. The van der Waals surface area contributed by atoms with Gasteiger partial charge in [0.05, 0.1) is 11.3 Å². The molecule has 2 heterocycles. The largest absolute Gasteiger partial charge is 0.381 e. The van der Waals surface area contributed by atoms with Crippen molar-refractivity contribution in [2.24, 2.45) is 0 Å². The summed E-state index contributed by atoms with van der Waals surface area (Å²) in [6, 6.07) is 2.07. The van der Waals surface area contributed by atoms with Crippen LogP contribution < -0.4 is 16.0 Å². The van der Waals surface area contributed by atoms with E-state index in [9.17, 15) is 4.79 Å². The number of aromatic nitrogens is 1. The maximum absolute atomic E-state index is 11.8. The summed E-state index contributed by atoms with van der Waals surface area (Å²) >= 11 is 5.92. The average Bonchev–Trinajstić information content (AvgIpc) is 2.67. The van der Waals surface area contributed by atoms with Crippen LogP contribution in [0.2, 0.25) is 5.15 Å². The monoisotopic (exact) mass is 282 g/mol. The second-order valence-corrected chi connectivity index (χ2v) is 5.04. The highest BCUT2D eigenvalue weighted by atomic mass is 35.5. The summed E-state index contributed by atoms with van der Waals surface area (Å²) in [5.74, 6) is -0.154. The Bertz CT molecular complexity index is 444. The fourth-order valence-corrected chi connectivity index (χ4v) is 2.41. The third-order valence-corrected chi connectivity index (χ3v) is 3.48. The van der Waals surface area contributed by atoms with E-state index < -0.39 is 0 Å². The van der Waals surface area contributed by atoms with Crippen molar-refractivity contribution >= 4 is 23.2 Å². The molecule has 0 saturated carbocycles. The molecule has 2 rings (SSSR count). The number of halogens is 1. The van der Waals surface area contributed by atoms with Gasteiger partial charge < -0.3 is 16.0 Å². The van der Waals surface area contributed by atoms with Crippen molar-refractivity contribution in [3.8, 4) is 0 Å². The van der Waals surface area contributed by atoms with Crippen LogP contribution in [-0.4, -0.2) is 37.1 Å². The van der Waals surface area contributed by atoms with E-state index >= 15 is 0 Å². The van der Waals surface area contributed by atoms with Crippen LogP contribution >= 0.6 is 11.6 Å². The minimum atomic E-state index is -0.154. The van der Waals surface area contributed by atoms with Gasteiger partial charge in [-0.3, -0.25) is 4.79 Å². The van der Waals surface area contributed by atoms with E-state index in [0.29, 0.717) is 16.8 Å². The fraction of sp³-hybridized carbons (Fsp3) is 0.538. The van der Waals surface area contributed by atoms with Crippen LogP contribution in [0.3, 0.4) is 0 Å². The second-order valence-electron chi connectivity index (χ2n) is 4.65. The summed E-state index contributed by atoms with van der Waals surface area (Å²) < 4.78 is 0. The molecule has 1 aliphatic heterocycles. The zero-order chi connectivity index (χ0) is 13.7. The minimum absolute atomic E-state index is 0.154. The normalized spacial score (nSPS) is 19.6. The molecule has 1 aromatic heterocycles. The number of hydrogen-bond acceptors (Lipinski definition) is 4. The Balaban J connectivity index is 2.17. The lowest BCUT2D eigenvalue weighted by Gasteiger charge is -2.19. The van der Waals surface area contributed by atoms with Crippen molar-refractivity contribution in [2.45, 2.75) is 25.3 Å². The van der Waals surface area contributed by atoms with Crippen LogP contribution in [0.25, 0.3) is 0 Å². The summed E-state index contributed by atoms with van der Waals surface area (Å²) in [7, 11) is 1.61. The molecular formula is C13H19ClN4O. The predicted molar refractivity (Wildman–Crippen MR) is 76.8 cm³/mol. The summed E-state index contributed by atoms with van der Waals surface area (Å²) in [4.78, 5) is 15.8. The number of amides is 1. The van der Waals surface area contributed by atoms with E-state index in [1.165, 1.54) is 6.20 Å². The van der Waals surface area contributed by atoms with E-state index in [2.05, 4.69) is 20.9 Å². The van der Waals surface area contributed by atoms with Crippen LogP contribution in [0.4, 0.5) is 5.69 Å². The summed E-state index contributed by atoms with van der Waals surface area (Å²) in [5, 5.41) is 9.79. The quantitative estimate of drug-likeness (QED) is 0.738. The van der Waals surface area contributed by atoms with Gasteiger partial charge in [0.2, 0.25) is 0 Å². The van der Waals surface area contributed by atoms with Crippen molar-refractivity contribution in [2.75, 3.05) is 25.5 Å². The lowest BCUT2D eigenvalue weighted by atomic mass is 10.1. The molecule has 1 saturated heterocycles. The van der Waals surface area contributed by atoms with E-state index in [1.54, 1.807) is 13.1 Å². The Labute approximate surface area is 118 Å². The van der Waals surface area contributed by atoms with Gasteiger partial charge in [-0.25, -0.2) is 4.98 Å². The van der Waals surface area contributed by atoms with E-state index in [-0.39, 0.29) is 5.91 Å². The van der Waals surface area contributed by atoms with Gasteiger partial charge in [-0.2, -0.15) is 0 Å².